The van der Waals surface area contributed by atoms with E-state index in [0.29, 0.717) is 12.3 Å². The van der Waals surface area contributed by atoms with Gasteiger partial charge in [-0.25, -0.2) is 0 Å². The Morgan fingerprint density at radius 3 is 1.70 bits per heavy atom. The highest BCUT2D eigenvalue weighted by molar-refractivity contribution is 5.70. The van der Waals surface area contributed by atoms with E-state index in [9.17, 15) is 4.79 Å². The van der Waals surface area contributed by atoms with Crippen molar-refractivity contribution in [3.05, 3.63) is 71.8 Å². The van der Waals surface area contributed by atoms with Gasteiger partial charge in [0.25, 0.3) is 0 Å². The predicted octanol–water partition coefficient (Wildman–Crippen LogP) is 5.45. The lowest BCUT2D eigenvalue weighted by molar-refractivity contribution is -0.157. The molecule has 0 fully saturated rings. The Morgan fingerprint density at radius 2 is 1.33 bits per heavy atom. The molecule has 0 aliphatic carbocycles. The highest BCUT2D eigenvalue weighted by Crippen LogP contribution is 2.22. The van der Waals surface area contributed by atoms with Gasteiger partial charge in [0.05, 0.1) is 6.42 Å². The van der Waals surface area contributed by atoms with Gasteiger partial charge in [-0.15, -0.1) is 0 Å². The molecule has 0 heterocycles. The van der Waals surface area contributed by atoms with Crippen LogP contribution in [0.2, 0.25) is 0 Å². The number of ether oxygens (including phenoxy) is 1. The van der Waals surface area contributed by atoms with Crippen molar-refractivity contribution in [2.24, 2.45) is 5.92 Å². The Labute approximate surface area is 164 Å². The Kier molecular flexibility index (Phi) is 7.61. The summed E-state index contributed by atoms with van der Waals surface area (Å²) in [6.45, 7) is 11.7. The number of carbonyl (C=O) groups excluding carboxylic acids is 1. The summed E-state index contributed by atoms with van der Waals surface area (Å²) in [5, 5.41) is 0. The molecule has 0 radical (unpaired) electrons. The zero-order chi connectivity index (χ0) is 19.9. The summed E-state index contributed by atoms with van der Waals surface area (Å²) in [6.07, 6.45) is 0.397. The molecule has 3 nitrogen and oxygen atoms in total. The minimum absolute atomic E-state index is 0.111. The summed E-state index contributed by atoms with van der Waals surface area (Å²) < 4.78 is 5.60. The molecule has 0 amide bonds. The number of rotatable bonds is 8. The van der Waals surface area contributed by atoms with Crippen LogP contribution >= 0.6 is 0 Å². The van der Waals surface area contributed by atoms with Gasteiger partial charge in [-0.2, -0.15) is 0 Å². The Morgan fingerprint density at radius 1 is 0.889 bits per heavy atom. The van der Waals surface area contributed by atoms with E-state index in [-0.39, 0.29) is 12.0 Å². The summed E-state index contributed by atoms with van der Waals surface area (Å²) in [4.78, 5) is 14.9. The number of hydrogen-bond donors (Lipinski definition) is 0. The molecule has 0 aliphatic rings. The monoisotopic (exact) mass is 367 g/mol. The molecule has 2 aromatic carbocycles. The van der Waals surface area contributed by atoms with Crippen LogP contribution in [-0.2, 0) is 22.6 Å². The Bertz CT molecular complexity index is 648. The van der Waals surface area contributed by atoms with Crippen molar-refractivity contribution in [3.8, 4) is 0 Å². The first kappa shape index (κ1) is 21.2. The van der Waals surface area contributed by atoms with E-state index in [1.54, 1.807) is 0 Å². The van der Waals surface area contributed by atoms with Gasteiger partial charge < -0.3 is 4.74 Å². The number of hydrogen-bond acceptors (Lipinski definition) is 3. The van der Waals surface area contributed by atoms with Gasteiger partial charge in [-0.05, 0) is 37.8 Å². The molecule has 0 N–H and O–H groups in total. The van der Waals surface area contributed by atoms with Crippen molar-refractivity contribution >= 4 is 5.97 Å². The third-order valence-electron chi connectivity index (χ3n) is 4.49. The Hall–Kier alpha value is -2.13. The molecule has 0 aliphatic heterocycles. The number of carbonyl (C=O) groups is 1. The van der Waals surface area contributed by atoms with Gasteiger partial charge in [0.1, 0.15) is 5.60 Å². The number of nitrogens with zero attached hydrogens (tertiary/aromatic N) is 1. The maximum absolute atomic E-state index is 12.5. The first-order chi connectivity index (χ1) is 12.7. The van der Waals surface area contributed by atoms with Gasteiger partial charge >= 0.3 is 5.97 Å². The molecule has 1 atom stereocenters. The molecule has 146 valence electrons. The zero-order valence-electron chi connectivity index (χ0n) is 17.3. The summed E-state index contributed by atoms with van der Waals surface area (Å²) in [7, 11) is 0. The van der Waals surface area contributed by atoms with Crippen LogP contribution in [0.4, 0.5) is 0 Å². The average Bonchev–Trinajstić information content (AvgIpc) is 2.59. The van der Waals surface area contributed by atoms with Gasteiger partial charge in [-0.1, -0.05) is 74.5 Å². The van der Waals surface area contributed by atoms with E-state index in [1.807, 2.05) is 32.9 Å². The van der Waals surface area contributed by atoms with E-state index in [4.69, 9.17) is 4.74 Å². The van der Waals surface area contributed by atoms with Crippen LogP contribution in [0.15, 0.2) is 60.7 Å². The lowest BCUT2D eigenvalue weighted by Crippen LogP contribution is -2.41. The second-order valence-electron chi connectivity index (χ2n) is 8.48. The average molecular weight is 368 g/mol. The normalized spacial score (nSPS) is 13.0. The van der Waals surface area contributed by atoms with Crippen molar-refractivity contribution < 1.29 is 9.53 Å². The fourth-order valence-corrected chi connectivity index (χ4v) is 3.27. The van der Waals surface area contributed by atoms with Crippen LogP contribution in [0.25, 0.3) is 0 Å². The molecule has 0 saturated heterocycles. The predicted molar refractivity (Wildman–Crippen MR) is 111 cm³/mol. The molecule has 2 rings (SSSR count). The summed E-state index contributed by atoms with van der Waals surface area (Å²) in [5.74, 6) is 0.206. The molecule has 27 heavy (non-hydrogen) atoms. The molecule has 3 heteroatoms. The van der Waals surface area contributed by atoms with Crippen LogP contribution in [0.5, 0.6) is 0 Å². The third-order valence-corrected chi connectivity index (χ3v) is 4.49. The first-order valence-electron chi connectivity index (χ1n) is 9.78. The zero-order valence-corrected chi connectivity index (χ0v) is 17.3. The lowest BCUT2D eigenvalue weighted by Gasteiger charge is -2.35. The topological polar surface area (TPSA) is 29.5 Å². The van der Waals surface area contributed by atoms with Crippen molar-refractivity contribution in [2.45, 2.75) is 65.8 Å². The minimum Gasteiger partial charge on any atom is -0.460 e. The fraction of sp³-hybridized carbons (Fsp3) is 0.458. The number of benzene rings is 2. The van der Waals surface area contributed by atoms with E-state index >= 15 is 0 Å². The van der Waals surface area contributed by atoms with Crippen LogP contribution in [0.1, 0.15) is 52.2 Å². The summed E-state index contributed by atoms with van der Waals surface area (Å²) in [6, 6.07) is 21.0. The smallest absolute Gasteiger partial charge is 0.307 e. The van der Waals surface area contributed by atoms with E-state index < -0.39 is 5.60 Å². The maximum atomic E-state index is 12.5. The van der Waals surface area contributed by atoms with Crippen molar-refractivity contribution in [1.29, 1.82) is 0 Å². The molecule has 0 aromatic heterocycles. The standard InChI is InChI=1S/C24H33NO2/c1-19(2)22(16-23(26)27-24(3,4)5)25(17-20-12-8-6-9-13-20)18-21-14-10-7-11-15-21/h6-15,19,22H,16-18H2,1-5H3/t22-/m1/s1. The van der Waals surface area contributed by atoms with Gasteiger partial charge in [0, 0.05) is 19.1 Å². The molecule has 2 aromatic rings. The van der Waals surface area contributed by atoms with Gasteiger partial charge in [0.15, 0.2) is 0 Å². The second kappa shape index (κ2) is 9.70. The van der Waals surface area contributed by atoms with Crippen LogP contribution < -0.4 is 0 Å². The quantitative estimate of drug-likeness (QED) is 0.581. The maximum Gasteiger partial charge on any atom is 0.307 e. The highest BCUT2D eigenvalue weighted by Gasteiger charge is 2.27. The first-order valence-corrected chi connectivity index (χ1v) is 9.78. The number of esters is 1. The van der Waals surface area contributed by atoms with Crippen LogP contribution in [-0.4, -0.2) is 22.5 Å². The minimum atomic E-state index is -0.456. The van der Waals surface area contributed by atoms with Crippen molar-refractivity contribution in [3.63, 3.8) is 0 Å². The van der Waals surface area contributed by atoms with Gasteiger partial charge in [-0.3, -0.25) is 9.69 Å². The van der Waals surface area contributed by atoms with Crippen molar-refractivity contribution in [2.75, 3.05) is 0 Å². The molecule has 0 saturated carbocycles. The summed E-state index contributed by atoms with van der Waals surface area (Å²) >= 11 is 0. The van der Waals surface area contributed by atoms with Crippen LogP contribution in [0, 0.1) is 5.92 Å². The van der Waals surface area contributed by atoms with Crippen molar-refractivity contribution in [1.82, 2.24) is 4.90 Å². The molecular formula is C24H33NO2. The van der Waals surface area contributed by atoms with Gasteiger partial charge in [0.2, 0.25) is 0 Å². The largest absolute Gasteiger partial charge is 0.460 e. The van der Waals surface area contributed by atoms with E-state index in [0.717, 1.165) is 13.1 Å². The summed E-state index contributed by atoms with van der Waals surface area (Å²) in [5.41, 5.74) is 2.05. The third kappa shape index (κ3) is 7.56. The fourth-order valence-electron chi connectivity index (χ4n) is 3.27. The molecule has 0 unspecified atom stereocenters. The molecule has 0 spiro atoms. The second-order valence-corrected chi connectivity index (χ2v) is 8.48. The molecule has 0 bridgehead atoms. The molecular weight excluding hydrogens is 334 g/mol. The van der Waals surface area contributed by atoms with E-state index in [1.165, 1.54) is 11.1 Å². The van der Waals surface area contributed by atoms with Crippen LogP contribution in [0.3, 0.4) is 0 Å². The SMILES string of the molecule is CC(C)[C@@H](CC(=O)OC(C)(C)C)N(Cc1ccccc1)Cc1ccccc1. The lowest BCUT2D eigenvalue weighted by atomic mass is 9.97. The van der Waals surface area contributed by atoms with E-state index in [2.05, 4.69) is 67.3 Å². The highest BCUT2D eigenvalue weighted by atomic mass is 16.6. The Balaban J connectivity index is 2.22.